The van der Waals surface area contributed by atoms with Gasteiger partial charge in [-0.15, -0.1) is 10.2 Å². The number of hydrogen-bond acceptors (Lipinski definition) is 9. The van der Waals surface area contributed by atoms with Gasteiger partial charge in [-0.05, 0) is 24.5 Å². The monoisotopic (exact) mass is 477 g/mol. The van der Waals surface area contributed by atoms with Crippen LogP contribution in [0, 0.1) is 11.6 Å². The summed E-state index contributed by atoms with van der Waals surface area (Å²) in [6.45, 7) is 0.137. The number of aliphatic hydroxyl groups is 3. The van der Waals surface area contributed by atoms with E-state index in [0.717, 1.165) is 23.5 Å². The predicted molar refractivity (Wildman–Crippen MR) is 113 cm³/mol. The summed E-state index contributed by atoms with van der Waals surface area (Å²) in [6, 6.07) is 3.28. The molecule has 0 radical (unpaired) electrons. The molecule has 1 aromatic carbocycles. The Morgan fingerprint density at radius 2 is 2.09 bits per heavy atom. The number of hydrazine groups is 1. The van der Waals surface area contributed by atoms with E-state index in [2.05, 4.69) is 10.2 Å². The third-order valence-corrected chi connectivity index (χ3v) is 7.42. The molecule has 3 aliphatic rings. The van der Waals surface area contributed by atoms with Crippen LogP contribution in [-0.4, -0.2) is 78.3 Å². The Kier molecular flexibility index (Phi) is 5.20. The summed E-state index contributed by atoms with van der Waals surface area (Å²) in [6.07, 6.45) is 1.30. The minimum atomic E-state index is -1.51. The lowest BCUT2D eigenvalue weighted by atomic mass is 10.00. The Hall–Kier alpha value is -2.93. The zero-order chi connectivity index (χ0) is 23.5. The number of amides is 1. The molecule has 2 unspecified atom stereocenters. The topological polar surface area (TPSA) is 113 Å². The molecule has 9 nitrogen and oxygen atoms in total. The maximum Gasteiger partial charge on any atom is 0.277 e. The number of hydrogen-bond donors (Lipinski definition) is 3. The maximum atomic E-state index is 14.0. The van der Waals surface area contributed by atoms with Crippen molar-refractivity contribution in [3.05, 3.63) is 63.1 Å². The van der Waals surface area contributed by atoms with Crippen molar-refractivity contribution in [3.8, 4) is 0 Å². The minimum absolute atomic E-state index is 0.0743. The number of rotatable bonds is 4. The van der Waals surface area contributed by atoms with Gasteiger partial charge in [0.15, 0.2) is 11.5 Å². The van der Waals surface area contributed by atoms with Gasteiger partial charge in [-0.2, -0.15) is 5.01 Å². The fraction of sp³-hybridized carbons (Fsp3) is 0.381. The van der Waals surface area contributed by atoms with E-state index < -0.39 is 35.1 Å². The van der Waals surface area contributed by atoms with E-state index in [1.165, 1.54) is 22.2 Å². The van der Waals surface area contributed by atoms with E-state index in [-0.39, 0.29) is 34.9 Å². The lowest BCUT2D eigenvalue weighted by molar-refractivity contribution is -0.183. The highest BCUT2D eigenvalue weighted by atomic mass is 32.1. The van der Waals surface area contributed by atoms with Gasteiger partial charge in [0.05, 0.1) is 6.61 Å². The molecule has 2 fully saturated rings. The van der Waals surface area contributed by atoms with Crippen molar-refractivity contribution in [2.24, 2.45) is 0 Å². The summed E-state index contributed by atoms with van der Waals surface area (Å²) in [5, 5.41) is 43.6. The Morgan fingerprint density at radius 3 is 2.82 bits per heavy atom. The molecule has 4 heterocycles. The van der Waals surface area contributed by atoms with Crippen LogP contribution in [-0.2, 0) is 11.2 Å². The van der Waals surface area contributed by atoms with Gasteiger partial charge >= 0.3 is 0 Å². The third-order valence-electron chi connectivity index (χ3n) is 6.45. The maximum absolute atomic E-state index is 14.0. The van der Waals surface area contributed by atoms with Crippen molar-refractivity contribution in [1.29, 1.82) is 0 Å². The number of likely N-dealkylation sites (N-methyl/N-ethyl adjacent to an activating group) is 1. The second-order valence-electron chi connectivity index (χ2n) is 8.20. The Bertz CT molecular complexity index is 1200. The molecule has 2 saturated heterocycles. The highest BCUT2D eigenvalue weighted by Crippen LogP contribution is 2.43. The molecule has 0 aliphatic carbocycles. The van der Waals surface area contributed by atoms with Gasteiger partial charge in [-0.3, -0.25) is 9.80 Å². The molecule has 0 spiro atoms. The number of carbonyl (C=O) groups is 1. The van der Waals surface area contributed by atoms with Crippen molar-refractivity contribution in [2.75, 3.05) is 20.2 Å². The fourth-order valence-electron chi connectivity index (χ4n) is 4.63. The lowest BCUT2D eigenvalue weighted by Gasteiger charge is -2.54. The molecular formula is C21H21F2N5O4S. The second-order valence-corrected chi connectivity index (χ2v) is 9.27. The highest BCUT2D eigenvalue weighted by molar-refractivity contribution is 7.12. The number of fused-ring (bicyclic) bond motifs is 2. The molecule has 2 aromatic rings. The van der Waals surface area contributed by atoms with Crippen molar-refractivity contribution in [1.82, 2.24) is 25.1 Å². The molecule has 5 rings (SSSR count). The van der Waals surface area contributed by atoms with Gasteiger partial charge in [0.25, 0.3) is 5.91 Å². The van der Waals surface area contributed by atoms with Crippen LogP contribution in [0.5, 0.6) is 0 Å². The molecule has 0 saturated carbocycles. The molecule has 0 bridgehead atoms. The van der Waals surface area contributed by atoms with E-state index in [4.69, 9.17) is 0 Å². The lowest BCUT2D eigenvalue weighted by Crippen LogP contribution is -2.69. The molecule has 2 atom stereocenters. The first-order chi connectivity index (χ1) is 15.8. The van der Waals surface area contributed by atoms with Crippen LogP contribution in [0.15, 0.2) is 35.9 Å². The summed E-state index contributed by atoms with van der Waals surface area (Å²) in [5.74, 6) is -2.37. The van der Waals surface area contributed by atoms with Crippen molar-refractivity contribution in [3.63, 3.8) is 0 Å². The standard InChI is InChI=1S/C21H21F2N5O4S/c1-26-21(10-29)5-2-6-27(21)20(32)16-18(31)17(30)13(9-28(16)26)19-25-24-15(33-19)7-11-3-4-12(22)8-14(11)23/h3-4,8-9,17,29-31H,2,5-7,10H2,1H3. The highest BCUT2D eigenvalue weighted by Gasteiger charge is 2.56. The van der Waals surface area contributed by atoms with E-state index >= 15 is 0 Å². The number of nitrogens with zero attached hydrogens (tertiary/aromatic N) is 5. The molecule has 174 valence electrons. The summed E-state index contributed by atoms with van der Waals surface area (Å²) in [4.78, 5) is 14.6. The van der Waals surface area contributed by atoms with Crippen LogP contribution < -0.4 is 0 Å². The Morgan fingerprint density at radius 1 is 1.30 bits per heavy atom. The normalized spacial score (nSPS) is 25.4. The van der Waals surface area contributed by atoms with Crippen LogP contribution in [0.2, 0.25) is 0 Å². The average Bonchev–Trinajstić information content (AvgIpc) is 3.44. The van der Waals surface area contributed by atoms with Crippen LogP contribution in [0.3, 0.4) is 0 Å². The first-order valence-electron chi connectivity index (χ1n) is 10.3. The molecule has 3 aliphatic heterocycles. The number of halogens is 2. The van der Waals surface area contributed by atoms with Gasteiger partial charge < -0.3 is 20.2 Å². The van der Waals surface area contributed by atoms with Gasteiger partial charge in [-0.1, -0.05) is 17.4 Å². The van der Waals surface area contributed by atoms with E-state index in [0.29, 0.717) is 24.4 Å². The zero-order valence-electron chi connectivity index (χ0n) is 17.6. The molecule has 33 heavy (non-hydrogen) atoms. The first kappa shape index (κ1) is 21.9. The Labute approximate surface area is 191 Å². The summed E-state index contributed by atoms with van der Waals surface area (Å²) >= 11 is 1.08. The average molecular weight is 477 g/mol. The minimum Gasteiger partial charge on any atom is -0.507 e. The predicted octanol–water partition coefficient (Wildman–Crippen LogP) is 1.37. The largest absolute Gasteiger partial charge is 0.507 e. The first-order valence-corrected chi connectivity index (χ1v) is 11.1. The second kappa shape index (κ2) is 7.83. The van der Waals surface area contributed by atoms with Crippen molar-refractivity contribution < 1.29 is 28.9 Å². The fourth-order valence-corrected chi connectivity index (χ4v) is 5.53. The van der Waals surface area contributed by atoms with Gasteiger partial charge in [0.2, 0.25) is 0 Å². The molecular weight excluding hydrogens is 456 g/mol. The molecule has 1 aromatic heterocycles. The van der Waals surface area contributed by atoms with Crippen molar-refractivity contribution in [2.45, 2.75) is 31.0 Å². The third kappa shape index (κ3) is 3.24. The molecule has 12 heteroatoms. The van der Waals surface area contributed by atoms with E-state index in [9.17, 15) is 28.9 Å². The van der Waals surface area contributed by atoms with E-state index in [1.54, 1.807) is 12.1 Å². The smallest absolute Gasteiger partial charge is 0.277 e. The number of benzene rings is 1. The molecule has 3 N–H and O–H groups in total. The van der Waals surface area contributed by atoms with Crippen LogP contribution >= 0.6 is 11.3 Å². The quantitative estimate of drug-likeness (QED) is 0.605. The van der Waals surface area contributed by atoms with Crippen LogP contribution in [0.1, 0.15) is 28.4 Å². The summed E-state index contributed by atoms with van der Waals surface area (Å²) < 4.78 is 27.2. The van der Waals surface area contributed by atoms with Crippen molar-refractivity contribution >= 4 is 22.8 Å². The van der Waals surface area contributed by atoms with Gasteiger partial charge in [0, 0.05) is 37.9 Å². The number of carbonyl (C=O) groups excluding carboxylic acids is 1. The van der Waals surface area contributed by atoms with Crippen LogP contribution in [0.4, 0.5) is 8.78 Å². The Balaban J connectivity index is 1.49. The van der Waals surface area contributed by atoms with Gasteiger partial charge in [0.1, 0.15) is 33.4 Å². The number of aromatic nitrogens is 2. The van der Waals surface area contributed by atoms with Crippen LogP contribution in [0.25, 0.3) is 5.57 Å². The van der Waals surface area contributed by atoms with E-state index in [1.807, 2.05) is 0 Å². The SMILES string of the molecule is CN1N2C=C(c3nnc(Cc4ccc(F)cc4F)s3)C(O)C(O)=C2C(=O)N2CCCC21CO. The molecule has 1 amide bonds. The zero-order valence-corrected chi connectivity index (χ0v) is 18.4. The summed E-state index contributed by atoms with van der Waals surface area (Å²) in [5.41, 5.74) is -0.580. The number of aliphatic hydroxyl groups excluding tert-OH is 3. The van der Waals surface area contributed by atoms with Gasteiger partial charge in [-0.25, -0.2) is 8.78 Å². The summed E-state index contributed by atoms with van der Waals surface area (Å²) in [7, 11) is 1.70.